The van der Waals surface area contributed by atoms with E-state index in [1.165, 1.54) is 11.3 Å². The van der Waals surface area contributed by atoms with E-state index in [4.69, 9.17) is 4.74 Å². The van der Waals surface area contributed by atoms with Gasteiger partial charge in [0.1, 0.15) is 6.23 Å². The molecule has 0 saturated heterocycles. The highest BCUT2D eigenvalue weighted by molar-refractivity contribution is 5.19. The van der Waals surface area contributed by atoms with Gasteiger partial charge in [0.25, 0.3) is 0 Å². The van der Waals surface area contributed by atoms with Crippen molar-refractivity contribution in [3.8, 4) is 0 Å². The molecule has 0 aromatic carbocycles. The van der Waals surface area contributed by atoms with Crippen molar-refractivity contribution in [2.24, 2.45) is 0 Å². The smallest absolute Gasteiger partial charge is 0.140 e. The second-order valence-corrected chi connectivity index (χ2v) is 3.70. The van der Waals surface area contributed by atoms with Crippen LogP contribution in [0, 0.1) is 0 Å². The fraction of sp³-hybridized carbons (Fsp3) is 0.800. The fourth-order valence-electron chi connectivity index (χ4n) is 1.82. The van der Waals surface area contributed by atoms with E-state index in [0.29, 0.717) is 6.04 Å². The third kappa shape index (κ3) is 1.58. The van der Waals surface area contributed by atoms with Gasteiger partial charge in [0.2, 0.25) is 0 Å². The average molecular weight is 184 g/mol. The van der Waals surface area contributed by atoms with Gasteiger partial charge in [0.05, 0.1) is 0 Å². The van der Waals surface area contributed by atoms with Crippen LogP contribution >= 0.6 is 0 Å². The lowest BCUT2D eigenvalue weighted by Crippen LogP contribution is -2.44. The summed E-state index contributed by atoms with van der Waals surface area (Å²) in [6.45, 7) is 8.59. The summed E-state index contributed by atoms with van der Waals surface area (Å²) in [5.74, 6) is 0. The zero-order chi connectivity index (χ0) is 10.2. The number of allylic oxidation sites excluding steroid dienone is 1. The third-order valence-electron chi connectivity index (χ3n) is 3.13. The number of methoxy groups -OCH3 is 1. The van der Waals surface area contributed by atoms with Crippen molar-refractivity contribution < 1.29 is 4.74 Å². The van der Waals surface area contributed by atoms with Gasteiger partial charge in [-0.3, -0.25) is 5.01 Å². The summed E-state index contributed by atoms with van der Waals surface area (Å²) in [7, 11) is 3.84. The van der Waals surface area contributed by atoms with Crippen LogP contribution in [0.3, 0.4) is 0 Å². The minimum Gasteiger partial charge on any atom is -0.361 e. The molecule has 0 spiro atoms. The predicted octanol–water partition coefficient (Wildman–Crippen LogP) is 1.82. The van der Waals surface area contributed by atoms with E-state index in [-0.39, 0.29) is 6.23 Å². The van der Waals surface area contributed by atoms with E-state index < -0.39 is 0 Å². The van der Waals surface area contributed by atoms with Crippen LogP contribution in [0.2, 0.25) is 0 Å². The van der Waals surface area contributed by atoms with Crippen molar-refractivity contribution >= 4 is 0 Å². The Kier molecular flexibility index (Phi) is 2.98. The first-order valence-electron chi connectivity index (χ1n) is 4.72. The Morgan fingerprint density at radius 1 is 1.38 bits per heavy atom. The first-order chi connectivity index (χ1) is 6.00. The molecule has 0 bridgehead atoms. The molecule has 3 nitrogen and oxygen atoms in total. The Hall–Kier alpha value is -0.540. The van der Waals surface area contributed by atoms with Crippen LogP contribution in [0.25, 0.3) is 0 Å². The van der Waals surface area contributed by atoms with Crippen LogP contribution in [0.5, 0.6) is 0 Å². The van der Waals surface area contributed by atoms with Gasteiger partial charge < -0.3 is 4.74 Å². The normalized spacial score (nSPS) is 27.2. The van der Waals surface area contributed by atoms with Gasteiger partial charge >= 0.3 is 0 Å². The summed E-state index contributed by atoms with van der Waals surface area (Å²) in [4.78, 5) is 0. The molecular formula is C10H20N2O. The number of hydrogen-bond acceptors (Lipinski definition) is 3. The van der Waals surface area contributed by atoms with Crippen molar-refractivity contribution in [1.29, 1.82) is 0 Å². The van der Waals surface area contributed by atoms with E-state index in [1.807, 2.05) is 0 Å². The summed E-state index contributed by atoms with van der Waals surface area (Å²) in [5.41, 5.74) is 2.73. The van der Waals surface area contributed by atoms with Gasteiger partial charge in [-0.05, 0) is 33.3 Å². The molecule has 0 aliphatic carbocycles. The number of nitrogens with zero attached hydrogens (tertiary/aromatic N) is 2. The standard InChI is InChI=1S/C10H20N2O/c1-7-8(2)11(5)12(9(7)3)10(4)13-6/h8,10H,1-6H3. The van der Waals surface area contributed by atoms with E-state index in [9.17, 15) is 0 Å². The van der Waals surface area contributed by atoms with Gasteiger partial charge in [0, 0.05) is 25.9 Å². The summed E-state index contributed by atoms with van der Waals surface area (Å²) < 4.78 is 5.32. The van der Waals surface area contributed by atoms with Crippen LogP contribution < -0.4 is 0 Å². The first-order valence-corrected chi connectivity index (χ1v) is 4.72. The van der Waals surface area contributed by atoms with Gasteiger partial charge in [0.15, 0.2) is 0 Å². The van der Waals surface area contributed by atoms with Crippen LogP contribution in [0.4, 0.5) is 0 Å². The van der Waals surface area contributed by atoms with Crippen LogP contribution in [-0.2, 0) is 4.74 Å². The van der Waals surface area contributed by atoms with Crippen molar-refractivity contribution in [2.45, 2.75) is 40.0 Å². The first kappa shape index (κ1) is 10.5. The zero-order valence-electron chi connectivity index (χ0n) is 9.46. The van der Waals surface area contributed by atoms with E-state index in [0.717, 1.165) is 0 Å². The lowest BCUT2D eigenvalue weighted by atomic mass is 10.1. The van der Waals surface area contributed by atoms with Crippen molar-refractivity contribution in [1.82, 2.24) is 10.0 Å². The molecule has 1 aliphatic heterocycles. The van der Waals surface area contributed by atoms with Gasteiger partial charge in [-0.25, -0.2) is 5.01 Å². The van der Waals surface area contributed by atoms with Crippen LogP contribution in [-0.4, -0.2) is 36.4 Å². The maximum Gasteiger partial charge on any atom is 0.140 e. The molecule has 13 heavy (non-hydrogen) atoms. The Morgan fingerprint density at radius 3 is 2.23 bits per heavy atom. The molecule has 0 aromatic heterocycles. The molecule has 3 heteroatoms. The highest BCUT2D eigenvalue weighted by Crippen LogP contribution is 2.28. The molecule has 0 amide bonds. The topological polar surface area (TPSA) is 15.7 Å². The monoisotopic (exact) mass is 184 g/mol. The molecule has 0 fully saturated rings. The summed E-state index contributed by atoms with van der Waals surface area (Å²) in [5, 5.41) is 4.42. The van der Waals surface area contributed by atoms with E-state index in [1.54, 1.807) is 7.11 Å². The largest absolute Gasteiger partial charge is 0.361 e. The molecule has 0 saturated carbocycles. The molecule has 76 valence electrons. The molecule has 1 heterocycles. The lowest BCUT2D eigenvalue weighted by molar-refractivity contribution is -0.106. The second kappa shape index (κ2) is 3.68. The molecule has 0 radical (unpaired) electrons. The number of hydrogen-bond donors (Lipinski definition) is 0. The molecule has 0 aromatic rings. The lowest BCUT2D eigenvalue weighted by Gasteiger charge is -2.34. The average Bonchev–Trinajstić information content (AvgIpc) is 2.30. The van der Waals surface area contributed by atoms with Gasteiger partial charge in [-0.2, -0.15) is 0 Å². The summed E-state index contributed by atoms with van der Waals surface area (Å²) in [6, 6.07) is 0.484. The maximum absolute atomic E-state index is 5.32. The highest BCUT2D eigenvalue weighted by Gasteiger charge is 2.31. The van der Waals surface area contributed by atoms with Gasteiger partial charge in [-0.15, -0.1) is 0 Å². The number of likely N-dealkylation sites (N-methyl/N-ethyl adjacent to an activating group) is 1. The predicted molar refractivity (Wildman–Crippen MR) is 53.9 cm³/mol. The van der Waals surface area contributed by atoms with Crippen molar-refractivity contribution in [3.05, 3.63) is 11.3 Å². The highest BCUT2D eigenvalue weighted by atomic mass is 16.5. The Balaban J connectivity index is 2.88. The number of hydrazine groups is 1. The Bertz CT molecular complexity index is 225. The van der Waals surface area contributed by atoms with Crippen molar-refractivity contribution in [2.75, 3.05) is 14.2 Å². The van der Waals surface area contributed by atoms with E-state index in [2.05, 4.69) is 44.8 Å². The molecule has 1 aliphatic rings. The molecule has 0 N–H and O–H groups in total. The molecular weight excluding hydrogens is 164 g/mol. The number of ether oxygens (including phenoxy) is 1. The minimum atomic E-state index is 0.116. The quantitative estimate of drug-likeness (QED) is 0.651. The second-order valence-electron chi connectivity index (χ2n) is 3.70. The fourth-order valence-corrected chi connectivity index (χ4v) is 1.82. The van der Waals surface area contributed by atoms with Crippen LogP contribution in [0.1, 0.15) is 27.7 Å². The van der Waals surface area contributed by atoms with E-state index >= 15 is 0 Å². The van der Waals surface area contributed by atoms with Crippen LogP contribution in [0.15, 0.2) is 11.3 Å². The Morgan fingerprint density at radius 2 is 1.92 bits per heavy atom. The number of rotatable bonds is 2. The molecule has 2 unspecified atom stereocenters. The third-order valence-corrected chi connectivity index (χ3v) is 3.13. The summed E-state index contributed by atoms with van der Waals surface area (Å²) >= 11 is 0. The SMILES string of the molecule is COC(C)N1C(C)=C(C)C(C)N1C. The summed E-state index contributed by atoms with van der Waals surface area (Å²) in [6.07, 6.45) is 0.116. The van der Waals surface area contributed by atoms with Crippen molar-refractivity contribution in [3.63, 3.8) is 0 Å². The zero-order valence-corrected chi connectivity index (χ0v) is 9.46. The molecule has 2 atom stereocenters. The van der Waals surface area contributed by atoms with Gasteiger partial charge in [-0.1, -0.05) is 0 Å². The molecule has 1 rings (SSSR count). The minimum absolute atomic E-state index is 0.116. The maximum atomic E-state index is 5.32. The Labute approximate surface area is 80.9 Å².